The molecule has 2 aromatic rings. The first-order chi connectivity index (χ1) is 13.7. The highest BCUT2D eigenvalue weighted by atomic mass is 16.6. The van der Waals surface area contributed by atoms with Gasteiger partial charge >= 0.3 is 0 Å². The third-order valence-electron chi connectivity index (χ3n) is 5.68. The van der Waals surface area contributed by atoms with Crippen molar-refractivity contribution in [3.8, 4) is 11.5 Å². The minimum atomic E-state index is -0.136. The van der Waals surface area contributed by atoms with Gasteiger partial charge in [0.2, 0.25) is 0 Å². The topological polar surface area (TPSA) is 50.8 Å². The molecule has 28 heavy (non-hydrogen) atoms. The van der Waals surface area contributed by atoms with Crippen molar-refractivity contribution in [3.05, 3.63) is 59.2 Å². The fraction of sp³-hybridized carbons (Fsp3) is 0.435. The van der Waals surface area contributed by atoms with E-state index in [4.69, 9.17) is 9.47 Å². The molecule has 4 rings (SSSR count). The van der Waals surface area contributed by atoms with E-state index < -0.39 is 0 Å². The van der Waals surface area contributed by atoms with Crippen LogP contribution in [0.4, 0.5) is 0 Å². The van der Waals surface area contributed by atoms with Crippen LogP contribution in [0.1, 0.15) is 47.7 Å². The first-order valence-electron chi connectivity index (χ1n) is 10.2. The minimum Gasteiger partial charge on any atom is -0.486 e. The number of piperidine rings is 1. The second-order valence-corrected chi connectivity index (χ2v) is 7.60. The van der Waals surface area contributed by atoms with Gasteiger partial charge in [-0.05, 0) is 49.6 Å². The van der Waals surface area contributed by atoms with E-state index in [2.05, 4.69) is 35.3 Å². The van der Waals surface area contributed by atoms with Crippen molar-refractivity contribution in [1.82, 2.24) is 10.2 Å². The van der Waals surface area contributed by atoms with E-state index in [9.17, 15) is 4.79 Å². The molecular weight excluding hydrogens is 352 g/mol. The Hall–Kier alpha value is -2.53. The maximum absolute atomic E-state index is 12.8. The Balaban J connectivity index is 1.45. The van der Waals surface area contributed by atoms with E-state index in [-0.39, 0.29) is 5.91 Å². The van der Waals surface area contributed by atoms with Gasteiger partial charge in [0.25, 0.3) is 5.91 Å². The molecule has 0 saturated carbocycles. The fourth-order valence-corrected chi connectivity index (χ4v) is 4.02. The number of fused-ring (bicyclic) bond motifs is 1. The molecule has 1 unspecified atom stereocenters. The van der Waals surface area contributed by atoms with Gasteiger partial charge in [-0.25, -0.2) is 0 Å². The molecule has 1 atom stereocenters. The highest BCUT2D eigenvalue weighted by Crippen LogP contribution is 2.33. The van der Waals surface area contributed by atoms with Gasteiger partial charge in [0, 0.05) is 19.1 Å². The predicted molar refractivity (Wildman–Crippen MR) is 109 cm³/mol. The summed E-state index contributed by atoms with van der Waals surface area (Å²) in [5.74, 6) is 1.04. The number of carbonyl (C=O) groups excluding carboxylic acids is 1. The Morgan fingerprint density at radius 2 is 1.89 bits per heavy atom. The zero-order valence-electron chi connectivity index (χ0n) is 16.4. The molecule has 1 fully saturated rings. The van der Waals surface area contributed by atoms with E-state index in [1.54, 1.807) is 6.07 Å². The number of carbonyl (C=O) groups is 1. The molecule has 2 aliphatic heterocycles. The van der Waals surface area contributed by atoms with Crippen molar-refractivity contribution in [2.24, 2.45) is 0 Å². The first kappa shape index (κ1) is 18.8. The number of nitrogens with zero attached hydrogens (tertiary/aromatic N) is 1. The molecular formula is C23H28N2O3. The largest absolute Gasteiger partial charge is 0.486 e. The van der Waals surface area contributed by atoms with Crippen LogP contribution in [0.2, 0.25) is 0 Å². The van der Waals surface area contributed by atoms with Gasteiger partial charge in [-0.15, -0.1) is 0 Å². The average molecular weight is 380 g/mol. The summed E-state index contributed by atoms with van der Waals surface area (Å²) in [7, 11) is 0. The summed E-state index contributed by atoms with van der Waals surface area (Å²) >= 11 is 0. The molecule has 0 aromatic heterocycles. The van der Waals surface area contributed by atoms with Crippen LogP contribution in [0.3, 0.4) is 0 Å². The van der Waals surface area contributed by atoms with Crippen LogP contribution in [0.25, 0.3) is 0 Å². The monoisotopic (exact) mass is 380 g/mol. The van der Waals surface area contributed by atoms with Crippen molar-refractivity contribution >= 4 is 5.91 Å². The van der Waals surface area contributed by atoms with Crippen LogP contribution >= 0.6 is 0 Å². The number of rotatable bonds is 5. The van der Waals surface area contributed by atoms with E-state index in [0.717, 1.165) is 18.7 Å². The summed E-state index contributed by atoms with van der Waals surface area (Å²) in [6, 6.07) is 14.4. The highest BCUT2D eigenvalue weighted by Gasteiger charge is 2.21. The summed E-state index contributed by atoms with van der Waals surface area (Å²) in [6.07, 6.45) is 3.85. The number of para-hydroxylation sites is 1. The molecule has 0 radical (unpaired) electrons. The lowest BCUT2D eigenvalue weighted by molar-refractivity contribution is 0.0939. The lowest BCUT2D eigenvalue weighted by atomic mass is 10.0. The third-order valence-corrected chi connectivity index (χ3v) is 5.68. The van der Waals surface area contributed by atoms with Crippen molar-refractivity contribution in [1.29, 1.82) is 0 Å². The number of hydrogen-bond acceptors (Lipinski definition) is 4. The second-order valence-electron chi connectivity index (χ2n) is 7.60. The summed E-state index contributed by atoms with van der Waals surface area (Å²) in [6.45, 7) is 5.88. The molecule has 2 aromatic carbocycles. The molecule has 1 amide bonds. The Morgan fingerprint density at radius 3 is 2.75 bits per heavy atom. The molecule has 0 aliphatic carbocycles. The summed E-state index contributed by atoms with van der Waals surface area (Å²) < 4.78 is 11.3. The number of hydrogen-bond donors (Lipinski definition) is 1. The highest BCUT2D eigenvalue weighted by molar-refractivity contribution is 5.97. The fourth-order valence-electron chi connectivity index (χ4n) is 4.02. The lowest BCUT2D eigenvalue weighted by Crippen LogP contribution is -2.37. The Kier molecular flexibility index (Phi) is 5.81. The van der Waals surface area contributed by atoms with Crippen LogP contribution < -0.4 is 14.8 Å². The molecule has 1 N–H and O–H groups in total. The Bertz CT molecular complexity index is 836. The SMILES string of the molecule is CC1CCCCN1Cc1ccccc1CNC(=O)c1cccc2c1OCCO2. The number of amides is 1. The van der Waals surface area contributed by atoms with Crippen molar-refractivity contribution in [2.45, 2.75) is 45.3 Å². The quantitative estimate of drug-likeness (QED) is 0.858. The van der Waals surface area contributed by atoms with E-state index in [0.29, 0.717) is 42.9 Å². The van der Waals surface area contributed by atoms with Crippen LogP contribution in [0, 0.1) is 0 Å². The van der Waals surface area contributed by atoms with Gasteiger partial charge in [-0.3, -0.25) is 9.69 Å². The Morgan fingerprint density at radius 1 is 1.07 bits per heavy atom. The maximum Gasteiger partial charge on any atom is 0.255 e. The standard InChI is InChI=1S/C23H28N2O3/c1-17-7-4-5-12-25(17)16-19-9-3-2-8-18(19)15-24-23(26)20-10-6-11-21-22(20)28-14-13-27-21/h2-3,6,8-11,17H,4-5,7,12-16H2,1H3,(H,24,26). The van der Waals surface area contributed by atoms with E-state index >= 15 is 0 Å². The normalized spacial score (nSPS) is 19.2. The maximum atomic E-state index is 12.8. The molecule has 2 heterocycles. The Labute approximate surface area is 166 Å². The van der Waals surface area contributed by atoms with Crippen LogP contribution in [0.15, 0.2) is 42.5 Å². The molecule has 0 spiro atoms. The zero-order chi connectivity index (χ0) is 19.3. The molecule has 5 heteroatoms. The molecule has 0 bridgehead atoms. The number of likely N-dealkylation sites (tertiary alicyclic amines) is 1. The van der Waals surface area contributed by atoms with Gasteiger partial charge in [-0.2, -0.15) is 0 Å². The number of ether oxygens (including phenoxy) is 2. The van der Waals surface area contributed by atoms with Crippen LogP contribution in [-0.2, 0) is 13.1 Å². The van der Waals surface area contributed by atoms with Gasteiger partial charge in [0.05, 0.1) is 5.56 Å². The molecule has 2 aliphatic rings. The number of nitrogens with one attached hydrogen (secondary N) is 1. The minimum absolute atomic E-state index is 0.136. The first-order valence-corrected chi connectivity index (χ1v) is 10.2. The molecule has 1 saturated heterocycles. The van der Waals surface area contributed by atoms with E-state index in [1.165, 1.54) is 24.8 Å². The van der Waals surface area contributed by atoms with Crippen molar-refractivity contribution in [2.75, 3.05) is 19.8 Å². The van der Waals surface area contributed by atoms with Crippen LogP contribution in [-0.4, -0.2) is 36.6 Å². The smallest absolute Gasteiger partial charge is 0.255 e. The second kappa shape index (κ2) is 8.65. The summed E-state index contributed by atoms with van der Waals surface area (Å²) in [5.41, 5.74) is 2.97. The average Bonchev–Trinajstić information content (AvgIpc) is 2.74. The zero-order valence-corrected chi connectivity index (χ0v) is 16.4. The molecule has 5 nitrogen and oxygen atoms in total. The van der Waals surface area contributed by atoms with Gasteiger partial charge in [0.15, 0.2) is 11.5 Å². The van der Waals surface area contributed by atoms with Gasteiger partial charge in [0.1, 0.15) is 13.2 Å². The van der Waals surface area contributed by atoms with Gasteiger partial charge in [-0.1, -0.05) is 36.8 Å². The number of benzene rings is 2. The summed E-state index contributed by atoms with van der Waals surface area (Å²) in [4.78, 5) is 15.3. The van der Waals surface area contributed by atoms with Crippen LogP contribution in [0.5, 0.6) is 11.5 Å². The van der Waals surface area contributed by atoms with Gasteiger partial charge < -0.3 is 14.8 Å². The third kappa shape index (κ3) is 4.14. The molecule has 148 valence electrons. The van der Waals surface area contributed by atoms with Crippen molar-refractivity contribution in [3.63, 3.8) is 0 Å². The summed E-state index contributed by atoms with van der Waals surface area (Å²) in [5, 5.41) is 3.06. The predicted octanol–water partition coefficient (Wildman–Crippen LogP) is 3.76. The van der Waals surface area contributed by atoms with E-state index in [1.807, 2.05) is 18.2 Å². The van der Waals surface area contributed by atoms with Crippen molar-refractivity contribution < 1.29 is 14.3 Å². The lowest BCUT2D eigenvalue weighted by Gasteiger charge is -2.33.